The molecule has 1 saturated heterocycles. The predicted octanol–water partition coefficient (Wildman–Crippen LogP) is 3.46. The van der Waals surface area contributed by atoms with E-state index in [9.17, 15) is 4.79 Å². The number of rotatable bonds is 4. The molecule has 0 bridgehead atoms. The second-order valence-electron chi connectivity index (χ2n) is 4.32. The molecule has 2 rings (SSSR count). The van der Waals surface area contributed by atoms with Gasteiger partial charge in [0.15, 0.2) is 0 Å². The van der Waals surface area contributed by atoms with Crippen LogP contribution in [0.2, 0.25) is 4.34 Å². The molecule has 1 aromatic heterocycles. The molecule has 0 aliphatic carbocycles. The van der Waals surface area contributed by atoms with Gasteiger partial charge in [0.2, 0.25) is 0 Å². The topological polar surface area (TPSA) is 40.5 Å². The van der Waals surface area contributed by atoms with Crippen LogP contribution < -0.4 is 0 Å². The largest absolute Gasteiger partial charge is 0.481 e. The molecule has 0 spiro atoms. The minimum atomic E-state index is -0.696. The summed E-state index contributed by atoms with van der Waals surface area (Å²) in [5.74, 6) is -0.398. The summed E-state index contributed by atoms with van der Waals surface area (Å²) >= 11 is 11.0. The van der Waals surface area contributed by atoms with Gasteiger partial charge in [-0.05, 0) is 40.9 Å². The van der Waals surface area contributed by atoms with Crippen LogP contribution in [0.1, 0.15) is 17.7 Å². The molecule has 2 heterocycles. The number of likely N-dealkylation sites (tertiary alicyclic amines) is 1. The van der Waals surface area contributed by atoms with Crippen LogP contribution in [0, 0.1) is 5.92 Å². The maximum atomic E-state index is 10.6. The Hall–Kier alpha value is -0.100. The molecule has 1 aromatic rings. The zero-order valence-electron chi connectivity index (χ0n) is 9.16. The Labute approximate surface area is 118 Å². The van der Waals surface area contributed by atoms with Crippen LogP contribution in [-0.4, -0.2) is 29.1 Å². The third kappa shape index (κ3) is 3.68. The summed E-state index contributed by atoms with van der Waals surface area (Å²) in [7, 11) is 0. The lowest BCUT2D eigenvalue weighted by Crippen LogP contribution is -2.20. The number of nitrogens with zero attached hydrogens (tertiary/aromatic N) is 1. The first-order chi connectivity index (χ1) is 8.04. The SMILES string of the molecule is O=C(O)CC1CCN(Cc2cc(Br)c(Cl)s2)C1. The summed E-state index contributed by atoms with van der Waals surface area (Å²) in [6.07, 6.45) is 1.26. The number of carbonyl (C=O) groups is 1. The Morgan fingerprint density at radius 3 is 3.06 bits per heavy atom. The molecular formula is C11H13BrClNO2S. The van der Waals surface area contributed by atoms with Gasteiger partial charge >= 0.3 is 5.97 Å². The Morgan fingerprint density at radius 1 is 1.71 bits per heavy atom. The van der Waals surface area contributed by atoms with Gasteiger partial charge in [0.1, 0.15) is 4.34 Å². The maximum absolute atomic E-state index is 10.6. The molecule has 0 aromatic carbocycles. The minimum Gasteiger partial charge on any atom is -0.481 e. The van der Waals surface area contributed by atoms with Gasteiger partial charge in [-0.15, -0.1) is 11.3 Å². The van der Waals surface area contributed by atoms with Crippen LogP contribution in [-0.2, 0) is 11.3 Å². The molecule has 1 fully saturated rings. The predicted molar refractivity (Wildman–Crippen MR) is 72.7 cm³/mol. The van der Waals surface area contributed by atoms with E-state index in [0.717, 1.165) is 34.9 Å². The monoisotopic (exact) mass is 337 g/mol. The van der Waals surface area contributed by atoms with E-state index in [1.807, 2.05) is 6.07 Å². The van der Waals surface area contributed by atoms with Crippen LogP contribution in [0.25, 0.3) is 0 Å². The molecule has 1 aliphatic heterocycles. The number of halogens is 2. The van der Waals surface area contributed by atoms with Crippen molar-refractivity contribution in [1.82, 2.24) is 4.90 Å². The molecule has 0 radical (unpaired) electrons. The molecule has 17 heavy (non-hydrogen) atoms. The van der Waals surface area contributed by atoms with Crippen molar-refractivity contribution in [3.05, 3.63) is 19.8 Å². The van der Waals surface area contributed by atoms with Gasteiger partial charge < -0.3 is 5.11 Å². The van der Waals surface area contributed by atoms with Gasteiger partial charge in [-0.25, -0.2) is 0 Å². The zero-order valence-corrected chi connectivity index (χ0v) is 12.3. The van der Waals surface area contributed by atoms with E-state index in [0.29, 0.717) is 5.92 Å². The third-order valence-electron chi connectivity index (χ3n) is 2.91. The molecule has 1 aliphatic rings. The van der Waals surface area contributed by atoms with E-state index in [-0.39, 0.29) is 6.42 Å². The van der Waals surface area contributed by atoms with Crippen molar-refractivity contribution in [2.45, 2.75) is 19.4 Å². The summed E-state index contributed by atoms with van der Waals surface area (Å²) in [6.45, 7) is 2.72. The second-order valence-corrected chi connectivity index (χ2v) is 6.92. The van der Waals surface area contributed by atoms with E-state index in [1.165, 1.54) is 4.88 Å². The van der Waals surface area contributed by atoms with E-state index in [1.54, 1.807) is 11.3 Å². The van der Waals surface area contributed by atoms with Crippen LogP contribution in [0.3, 0.4) is 0 Å². The molecule has 1 N–H and O–H groups in total. The van der Waals surface area contributed by atoms with Gasteiger partial charge in [0, 0.05) is 28.9 Å². The number of aliphatic carboxylic acids is 1. The van der Waals surface area contributed by atoms with Crippen LogP contribution >= 0.6 is 38.9 Å². The molecule has 1 atom stereocenters. The van der Waals surface area contributed by atoms with Crippen molar-refractivity contribution >= 4 is 44.8 Å². The number of hydrogen-bond donors (Lipinski definition) is 1. The first kappa shape index (κ1) is 13.3. The Kier molecular flexibility index (Phi) is 4.47. The molecule has 0 amide bonds. The summed E-state index contributed by atoms with van der Waals surface area (Å²) in [4.78, 5) is 14.1. The lowest BCUT2D eigenvalue weighted by Gasteiger charge is -2.13. The van der Waals surface area contributed by atoms with Gasteiger partial charge in [0.05, 0.1) is 0 Å². The van der Waals surface area contributed by atoms with Crippen molar-refractivity contribution in [2.75, 3.05) is 13.1 Å². The molecule has 94 valence electrons. The molecule has 3 nitrogen and oxygen atoms in total. The Morgan fingerprint density at radius 2 is 2.47 bits per heavy atom. The standard InChI is InChI=1S/C11H13BrClNO2S/c12-9-4-8(17-11(9)13)6-14-2-1-7(5-14)3-10(15)16/h4,7H,1-3,5-6H2,(H,15,16). The number of hydrogen-bond acceptors (Lipinski definition) is 3. The van der Waals surface area contributed by atoms with Gasteiger partial charge in [-0.3, -0.25) is 9.69 Å². The van der Waals surface area contributed by atoms with Crippen LogP contribution in [0.15, 0.2) is 10.5 Å². The average molecular weight is 339 g/mol. The second kappa shape index (κ2) is 5.69. The fourth-order valence-electron chi connectivity index (χ4n) is 2.16. The quantitative estimate of drug-likeness (QED) is 0.914. The first-order valence-corrected chi connectivity index (χ1v) is 7.41. The smallest absolute Gasteiger partial charge is 0.303 e. The van der Waals surface area contributed by atoms with Crippen molar-refractivity contribution < 1.29 is 9.90 Å². The van der Waals surface area contributed by atoms with Crippen molar-refractivity contribution in [3.63, 3.8) is 0 Å². The summed E-state index contributed by atoms with van der Waals surface area (Å²) in [5.41, 5.74) is 0. The highest BCUT2D eigenvalue weighted by Gasteiger charge is 2.24. The maximum Gasteiger partial charge on any atom is 0.303 e. The van der Waals surface area contributed by atoms with Crippen molar-refractivity contribution in [2.24, 2.45) is 5.92 Å². The lowest BCUT2D eigenvalue weighted by atomic mass is 10.1. The van der Waals surface area contributed by atoms with Crippen LogP contribution in [0.4, 0.5) is 0 Å². The highest BCUT2D eigenvalue weighted by molar-refractivity contribution is 9.10. The number of thiophene rings is 1. The highest BCUT2D eigenvalue weighted by Crippen LogP contribution is 2.33. The number of carboxylic acids is 1. The molecule has 1 unspecified atom stereocenters. The van der Waals surface area contributed by atoms with Crippen molar-refractivity contribution in [3.8, 4) is 0 Å². The van der Waals surface area contributed by atoms with E-state index in [4.69, 9.17) is 16.7 Å². The molecule has 0 saturated carbocycles. The van der Waals surface area contributed by atoms with Crippen molar-refractivity contribution in [1.29, 1.82) is 0 Å². The van der Waals surface area contributed by atoms with Gasteiger partial charge in [-0.2, -0.15) is 0 Å². The first-order valence-electron chi connectivity index (χ1n) is 5.42. The fourth-order valence-corrected chi connectivity index (χ4v) is 3.99. The Balaban J connectivity index is 1.87. The fraction of sp³-hybridized carbons (Fsp3) is 0.545. The van der Waals surface area contributed by atoms with E-state index in [2.05, 4.69) is 20.8 Å². The van der Waals surface area contributed by atoms with Crippen LogP contribution in [0.5, 0.6) is 0 Å². The summed E-state index contributed by atoms with van der Waals surface area (Å²) < 4.78 is 1.72. The van der Waals surface area contributed by atoms with Gasteiger partial charge in [0.25, 0.3) is 0 Å². The third-order valence-corrected chi connectivity index (χ3v) is 5.37. The van der Waals surface area contributed by atoms with E-state index < -0.39 is 5.97 Å². The normalized spacial score (nSPS) is 20.9. The zero-order chi connectivity index (χ0) is 12.4. The molecule has 6 heteroatoms. The lowest BCUT2D eigenvalue weighted by molar-refractivity contribution is -0.138. The minimum absolute atomic E-state index is 0.283. The van der Waals surface area contributed by atoms with E-state index >= 15 is 0 Å². The van der Waals surface area contributed by atoms with Gasteiger partial charge in [-0.1, -0.05) is 11.6 Å². The summed E-state index contributed by atoms with van der Waals surface area (Å²) in [5, 5.41) is 8.75. The number of carboxylic acid groups (broad SMARTS) is 1. The summed E-state index contributed by atoms with van der Waals surface area (Å²) in [6, 6.07) is 2.04. The Bertz CT molecular complexity index is 404. The molecular weight excluding hydrogens is 326 g/mol. The average Bonchev–Trinajstić information content (AvgIpc) is 2.75. The highest BCUT2D eigenvalue weighted by atomic mass is 79.9.